The van der Waals surface area contributed by atoms with Crippen LogP contribution in [0, 0.1) is 10.1 Å². The molecular formula is C16H16N2O4. The summed E-state index contributed by atoms with van der Waals surface area (Å²) >= 11 is 0. The highest BCUT2D eigenvalue weighted by atomic mass is 16.6. The van der Waals surface area contributed by atoms with E-state index in [1.54, 1.807) is 12.1 Å². The van der Waals surface area contributed by atoms with Gasteiger partial charge >= 0.3 is 0 Å². The average molecular weight is 300 g/mol. The lowest BCUT2D eigenvalue weighted by atomic mass is 10.0. The molecule has 6 nitrogen and oxygen atoms in total. The Morgan fingerprint density at radius 1 is 1.18 bits per heavy atom. The van der Waals surface area contributed by atoms with Crippen LogP contribution in [0.3, 0.4) is 0 Å². The number of nitrogens with zero attached hydrogens (tertiary/aromatic N) is 2. The molecule has 1 heterocycles. The standard InChI is InChI=1S/C16H16N2O4/c1-11(2)12-3-5-13(6-4-12)15(19)10-17-9-14(18(21)22)7-8-16(17)20/h3-9,11H,10H2,1-2H3. The zero-order valence-electron chi connectivity index (χ0n) is 12.4. The molecule has 2 rings (SSSR count). The summed E-state index contributed by atoms with van der Waals surface area (Å²) in [4.78, 5) is 34.0. The first-order chi connectivity index (χ1) is 10.4. The molecule has 0 amide bonds. The Kier molecular flexibility index (Phi) is 4.50. The van der Waals surface area contributed by atoms with Gasteiger partial charge in [0.2, 0.25) is 0 Å². The van der Waals surface area contributed by atoms with Crippen LogP contribution in [0.4, 0.5) is 5.69 Å². The lowest BCUT2D eigenvalue weighted by molar-refractivity contribution is -0.385. The molecule has 0 saturated heterocycles. The quantitative estimate of drug-likeness (QED) is 0.483. The predicted molar refractivity (Wildman–Crippen MR) is 82.2 cm³/mol. The largest absolute Gasteiger partial charge is 0.301 e. The molecule has 0 aliphatic heterocycles. The molecule has 0 aliphatic carbocycles. The van der Waals surface area contributed by atoms with Crippen molar-refractivity contribution in [1.29, 1.82) is 0 Å². The van der Waals surface area contributed by atoms with Crippen LogP contribution in [0.25, 0.3) is 0 Å². The van der Waals surface area contributed by atoms with Gasteiger partial charge in [0, 0.05) is 17.7 Å². The molecule has 0 atom stereocenters. The molecule has 0 spiro atoms. The second-order valence-corrected chi connectivity index (χ2v) is 5.31. The Morgan fingerprint density at radius 2 is 1.82 bits per heavy atom. The third-order valence-electron chi connectivity index (χ3n) is 3.39. The molecule has 0 radical (unpaired) electrons. The maximum atomic E-state index is 12.2. The molecule has 0 bridgehead atoms. The first-order valence-corrected chi connectivity index (χ1v) is 6.86. The third kappa shape index (κ3) is 3.46. The Balaban J connectivity index is 2.23. The third-order valence-corrected chi connectivity index (χ3v) is 3.39. The Morgan fingerprint density at radius 3 is 2.36 bits per heavy atom. The summed E-state index contributed by atoms with van der Waals surface area (Å²) in [5.74, 6) is 0.0986. The summed E-state index contributed by atoms with van der Waals surface area (Å²) in [6.07, 6.45) is 1.09. The second kappa shape index (κ2) is 6.34. The molecule has 22 heavy (non-hydrogen) atoms. The van der Waals surface area contributed by atoms with Crippen LogP contribution in [-0.2, 0) is 6.54 Å². The summed E-state index contributed by atoms with van der Waals surface area (Å²) in [7, 11) is 0. The van der Waals surface area contributed by atoms with E-state index >= 15 is 0 Å². The number of pyridine rings is 1. The lowest BCUT2D eigenvalue weighted by Gasteiger charge is -2.07. The fraction of sp³-hybridized carbons (Fsp3) is 0.250. The van der Waals surface area contributed by atoms with Crippen LogP contribution in [0.15, 0.2) is 47.4 Å². The number of rotatable bonds is 5. The van der Waals surface area contributed by atoms with Crippen LogP contribution in [0.1, 0.15) is 35.7 Å². The number of benzene rings is 1. The fourth-order valence-electron chi connectivity index (χ4n) is 2.05. The van der Waals surface area contributed by atoms with Crippen molar-refractivity contribution < 1.29 is 9.72 Å². The number of carbonyl (C=O) groups excluding carboxylic acids is 1. The average Bonchev–Trinajstić information content (AvgIpc) is 2.49. The van der Waals surface area contributed by atoms with E-state index in [1.165, 1.54) is 0 Å². The molecule has 114 valence electrons. The molecule has 0 unspecified atom stereocenters. The van der Waals surface area contributed by atoms with Crippen molar-refractivity contribution in [1.82, 2.24) is 4.57 Å². The molecule has 0 aliphatic rings. The van der Waals surface area contributed by atoms with E-state index in [1.807, 2.05) is 12.1 Å². The SMILES string of the molecule is CC(C)c1ccc(C(=O)Cn2cc([N+](=O)[O-])ccc2=O)cc1. The molecule has 0 N–H and O–H groups in total. The van der Waals surface area contributed by atoms with Crippen molar-refractivity contribution in [2.24, 2.45) is 0 Å². The van der Waals surface area contributed by atoms with Crippen molar-refractivity contribution >= 4 is 11.5 Å². The number of hydrogen-bond donors (Lipinski definition) is 0. The topological polar surface area (TPSA) is 82.2 Å². The summed E-state index contributed by atoms with van der Waals surface area (Å²) in [6.45, 7) is 3.89. The van der Waals surface area contributed by atoms with Crippen LogP contribution in [0.5, 0.6) is 0 Å². The van der Waals surface area contributed by atoms with Crippen molar-refractivity contribution in [3.05, 3.63) is 74.2 Å². The number of hydrogen-bond acceptors (Lipinski definition) is 4. The van der Waals surface area contributed by atoms with Crippen LogP contribution < -0.4 is 5.56 Å². The molecule has 2 aromatic rings. The number of ketones is 1. The highest BCUT2D eigenvalue weighted by Crippen LogP contribution is 2.15. The van der Waals surface area contributed by atoms with Crippen molar-refractivity contribution in [2.45, 2.75) is 26.3 Å². The van der Waals surface area contributed by atoms with E-state index < -0.39 is 10.5 Å². The molecular weight excluding hydrogens is 284 g/mol. The normalized spacial score (nSPS) is 10.7. The van der Waals surface area contributed by atoms with E-state index in [0.29, 0.717) is 11.5 Å². The zero-order chi connectivity index (χ0) is 16.3. The van der Waals surface area contributed by atoms with Gasteiger partial charge in [-0.2, -0.15) is 0 Å². The first-order valence-electron chi connectivity index (χ1n) is 6.86. The molecule has 0 saturated carbocycles. The zero-order valence-corrected chi connectivity index (χ0v) is 12.4. The maximum absolute atomic E-state index is 12.2. The van der Waals surface area contributed by atoms with Gasteiger partial charge in [-0.05, 0) is 11.5 Å². The highest BCUT2D eigenvalue weighted by Gasteiger charge is 2.12. The van der Waals surface area contributed by atoms with Gasteiger partial charge in [-0.1, -0.05) is 38.1 Å². The van der Waals surface area contributed by atoms with Gasteiger partial charge in [0.15, 0.2) is 5.78 Å². The van der Waals surface area contributed by atoms with E-state index in [2.05, 4.69) is 13.8 Å². The van der Waals surface area contributed by atoms with Gasteiger partial charge in [-0.15, -0.1) is 0 Å². The summed E-state index contributed by atoms with van der Waals surface area (Å²) in [5.41, 5.74) is 0.923. The van der Waals surface area contributed by atoms with E-state index in [4.69, 9.17) is 0 Å². The maximum Gasteiger partial charge on any atom is 0.285 e. The number of Topliss-reactive ketones (excluding diaryl/α,β-unsaturated/α-hetero) is 1. The monoisotopic (exact) mass is 300 g/mol. The first kappa shape index (κ1) is 15.6. The minimum absolute atomic E-state index is 0.220. The van der Waals surface area contributed by atoms with E-state index in [-0.39, 0.29) is 18.0 Å². The van der Waals surface area contributed by atoms with Gasteiger partial charge in [-0.3, -0.25) is 19.7 Å². The van der Waals surface area contributed by atoms with Crippen LogP contribution >= 0.6 is 0 Å². The van der Waals surface area contributed by atoms with Gasteiger partial charge in [0.25, 0.3) is 11.2 Å². The van der Waals surface area contributed by atoms with Crippen molar-refractivity contribution in [3.63, 3.8) is 0 Å². The Labute approximate surface area is 127 Å². The summed E-state index contributed by atoms with van der Waals surface area (Å²) in [5, 5.41) is 10.7. The van der Waals surface area contributed by atoms with Gasteiger partial charge in [0.1, 0.15) is 0 Å². The van der Waals surface area contributed by atoms with E-state index in [9.17, 15) is 19.7 Å². The van der Waals surface area contributed by atoms with Crippen LogP contribution in [-0.4, -0.2) is 15.3 Å². The summed E-state index contributed by atoms with van der Waals surface area (Å²) in [6, 6.07) is 9.37. The van der Waals surface area contributed by atoms with Crippen LogP contribution in [0.2, 0.25) is 0 Å². The highest BCUT2D eigenvalue weighted by molar-refractivity contribution is 5.95. The predicted octanol–water partition coefficient (Wildman–Crippen LogP) is 2.76. The molecule has 1 aromatic carbocycles. The number of carbonyl (C=O) groups is 1. The number of nitro groups is 1. The van der Waals surface area contributed by atoms with Gasteiger partial charge in [0.05, 0.1) is 17.7 Å². The van der Waals surface area contributed by atoms with Gasteiger partial charge < -0.3 is 4.57 Å². The van der Waals surface area contributed by atoms with Crippen molar-refractivity contribution in [3.8, 4) is 0 Å². The summed E-state index contributed by atoms with van der Waals surface area (Å²) < 4.78 is 1.05. The second-order valence-electron chi connectivity index (χ2n) is 5.31. The fourth-order valence-corrected chi connectivity index (χ4v) is 2.05. The minimum atomic E-state index is -0.599. The lowest BCUT2D eigenvalue weighted by Crippen LogP contribution is -2.23. The van der Waals surface area contributed by atoms with E-state index in [0.717, 1.165) is 28.5 Å². The van der Waals surface area contributed by atoms with Crippen molar-refractivity contribution in [2.75, 3.05) is 0 Å². The van der Waals surface area contributed by atoms with Gasteiger partial charge in [-0.25, -0.2) is 0 Å². The smallest absolute Gasteiger partial charge is 0.285 e. The minimum Gasteiger partial charge on any atom is -0.301 e. The molecule has 0 fully saturated rings. The molecule has 1 aromatic heterocycles. The number of aromatic nitrogens is 1. The molecule has 6 heteroatoms. The Bertz CT molecular complexity index is 760. The Hall–Kier alpha value is -2.76.